The molecular weight excluding hydrogens is 336 g/mol. The van der Waals surface area contributed by atoms with E-state index in [1.54, 1.807) is 36.3 Å². The standard InChI is InChI=1S/C19H22N2O3S/c1-3-21(19(23)14-25-17-10-5-4-6-11-17)13-18(22)20-15-8-7-9-16(12-15)24-2/h4-12H,3,13-14H2,1-2H3,(H,20,22). The monoisotopic (exact) mass is 358 g/mol. The van der Waals surface area contributed by atoms with Crippen LogP contribution in [0.15, 0.2) is 59.5 Å². The smallest absolute Gasteiger partial charge is 0.243 e. The van der Waals surface area contributed by atoms with E-state index in [1.165, 1.54) is 11.8 Å². The average Bonchev–Trinajstić information content (AvgIpc) is 2.65. The predicted molar refractivity (Wildman–Crippen MR) is 101 cm³/mol. The zero-order valence-corrected chi connectivity index (χ0v) is 15.2. The zero-order valence-electron chi connectivity index (χ0n) is 14.4. The van der Waals surface area contributed by atoms with E-state index in [4.69, 9.17) is 4.74 Å². The summed E-state index contributed by atoms with van der Waals surface area (Å²) >= 11 is 1.47. The maximum absolute atomic E-state index is 12.3. The van der Waals surface area contributed by atoms with Crippen LogP contribution in [0.4, 0.5) is 5.69 Å². The van der Waals surface area contributed by atoms with Crippen LogP contribution in [0, 0.1) is 0 Å². The molecule has 0 bridgehead atoms. The Balaban J connectivity index is 1.86. The fraction of sp³-hybridized carbons (Fsp3) is 0.263. The Hall–Kier alpha value is -2.47. The molecular formula is C19H22N2O3S. The van der Waals surface area contributed by atoms with Crippen molar-refractivity contribution < 1.29 is 14.3 Å². The lowest BCUT2D eigenvalue weighted by atomic mass is 10.3. The number of anilines is 1. The van der Waals surface area contributed by atoms with Crippen LogP contribution in [0.5, 0.6) is 5.75 Å². The molecule has 2 amide bonds. The number of hydrogen-bond acceptors (Lipinski definition) is 4. The summed E-state index contributed by atoms with van der Waals surface area (Å²) in [7, 11) is 1.57. The predicted octanol–water partition coefficient (Wildman–Crippen LogP) is 3.27. The maximum Gasteiger partial charge on any atom is 0.243 e. The van der Waals surface area contributed by atoms with E-state index < -0.39 is 0 Å². The fourth-order valence-electron chi connectivity index (χ4n) is 2.20. The van der Waals surface area contributed by atoms with Crippen molar-refractivity contribution in [3.8, 4) is 5.75 Å². The van der Waals surface area contributed by atoms with E-state index in [-0.39, 0.29) is 18.4 Å². The number of carbonyl (C=O) groups excluding carboxylic acids is 2. The van der Waals surface area contributed by atoms with Crippen molar-refractivity contribution in [3.63, 3.8) is 0 Å². The van der Waals surface area contributed by atoms with Crippen LogP contribution in [-0.2, 0) is 9.59 Å². The van der Waals surface area contributed by atoms with Gasteiger partial charge < -0.3 is 15.0 Å². The summed E-state index contributed by atoms with van der Waals surface area (Å²) in [6, 6.07) is 16.9. The van der Waals surface area contributed by atoms with Gasteiger partial charge in [0, 0.05) is 23.2 Å². The van der Waals surface area contributed by atoms with Gasteiger partial charge in [-0.3, -0.25) is 9.59 Å². The second kappa shape index (κ2) is 9.74. The van der Waals surface area contributed by atoms with Gasteiger partial charge in [-0.1, -0.05) is 24.3 Å². The van der Waals surface area contributed by atoms with Crippen LogP contribution >= 0.6 is 11.8 Å². The zero-order chi connectivity index (χ0) is 18.1. The largest absolute Gasteiger partial charge is 0.497 e. The van der Waals surface area contributed by atoms with E-state index in [2.05, 4.69) is 5.32 Å². The molecule has 0 spiro atoms. The molecule has 0 saturated heterocycles. The van der Waals surface area contributed by atoms with Crippen molar-refractivity contribution in [2.24, 2.45) is 0 Å². The molecule has 0 aromatic heterocycles. The molecule has 2 aromatic rings. The molecule has 25 heavy (non-hydrogen) atoms. The summed E-state index contributed by atoms with van der Waals surface area (Å²) < 4.78 is 5.13. The molecule has 0 radical (unpaired) electrons. The highest BCUT2D eigenvalue weighted by atomic mass is 32.2. The van der Waals surface area contributed by atoms with E-state index in [1.807, 2.05) is 37.3 Å². The van der Waals surface area contributed by atoms with Crippen LogP contribution in [-0.4, -0.2) is 42.7 Å². The number of thioether (sulfide) groups is 1. The lowest BCUT2D eigenvalue weighted by Crippen LogP contribution is -2.38. The summed E-state index contributed by atoms with van der Waals surface area (Å²) in [4.78, 5) is 27.1. The third-order valence-electron chi connectivity index (χ3n) is 3.53. The van der Waals surface area contributed by atoms with Crippen LogP contribution in [0.2, 0.25) is 0 Å². The summed E-state index contributed by atoms with van der Waals surface area (Å²) in [6.07, 6.45) is 0. The fourth-order valence-corrected chi connectivity index (χ4v) is 3.03. The van der Waals surface area contributed by atoms with Gasteiger partial charge in [-0.25, -0.2) is 0 Å². The number of carbonyl (C=O) groups is 2. The number of ether oxygens (including phenoxy) is 1. The van der Waals surface area contributed by atoms with E-state index in [0.717, 1.165) is 4.90 Å². The Morgan fingerprint density at radius 2 is 1.88 bits per heavy atom. The maximum atomic E-state index is 12.3. The van der Waals surface area contributed by atoms with E-state index in [0.29, 0.717) is 23.7 Å². The molecule has 0 aliphatic rings. The quantitative estimate of drug-likeness (QED) is 0.736. The average molecular weight is 358 g/mol. The molecule has 2 aromatic carbocycles. The Labute approximate surface area is 152 Å². The molecule has 2 rings (SSSR count). The highest BCUT2D eigenvalue weighted by molar-refractivity contribution is 8.00. The first-order chi connectivity index (χ1) is 12.1. The first-order valence-corrected chi connectivity index (χ1v) is 9.00. The van der Waals surface area contributed by atoms with Gasteiger partial charge >= 0.3 is 0 Å². The lowest BCUT2D eigenvalue weighted by molar-refractivity contribution is -0.132. The second-order valence-corrected chi connectivity index (χ2v) is 6.34. The molecule has 0 fully saturated rings. The van der Waals surface area contributed by atoms with Gasteiger partial charge in [-0.2, -0.15) is 0 Å². The SMILES string of the molecule is CCN(CC(=O)Nc1cccc(OC)c1)C(=O)CSc1ccccc1. The number of nitrogens with zero attached hydrogens (tertiary/aromatic N) is 1. The van der Waals surface area contributed by atoms with Crippen LogP contribution in [0.1, 0.15) is 6.92 Å². The van der Waals surface area contributed by atoms with Crippen molar-refractivity contribution in [3.05, 3.63) is 54.6 Å². The van der Waals surface area contributed by atoms with Gasteiger partial charge in [0.15, 0.2) is 0 Å². The van der Waals surface area contributed by atoms with Crippen LogP contribution in [0.3, 0.4) is 0 Å². The van der Waals surface area contributed by atoms with Crippen molar-refractivity contribution in [1.29, 1.82) is 0 Å². The number of hydrogen-bond donors (Lipinski definition) is 1. The molecule has 5 nitrogen and oxygen atoms in total. The third-order valence-corrected chi connectivity index (χ3v) is 4.52. The summed E-state index contributed by atoms with van der Waals surface area (Å²) in [5.41, 5.74) is 0.645. The van der Waals surface area contributed by atoms with Crippen molar-refractivity contribution in [1.82, 2.24) is 4.90 Å². The molecule has 132 valence electrons. The Morgan fingerprint density at radius 3 is 2.56 bits per heavy atom. The van der Waals surface area contributed by atoms with Gasteiger partial charge in [0.1, 0.15) is 5.75 Å². The minimum absolute atomic E-state index is 0.0297. The molecule has 1 N–H and O–H groups in total. The lowest BCUT2D eigenvalue weighted by Gasteiger charge is -2.20. The summed E-state index contributed by atoms with van der Waals surface area (Å²) in [5, 5.41) is 2.79. The first-order valence-electron chi connectivity index (χ1n) is 8.02. The van der Waals surface area contributed by atoms with Gasteiger partial charge in [-0.15, -0.1) is 11.8 Å². The molecule has 0 heterocycles. The minimum atomic E-state index is -0.229. The number of nitrogens with one attached hydrogen (secondary N) is 1. The Kier molecular flexibility index (Phi) is 7.35. The third kappa shape index (κ3) is 6.15. The number of likely N-dealkylation sites (N-methyl/N-ethyl adjacent to an activating group) is 1. The normalized spacial score (nSPS) is 10.2. The highest BCUT2D eigenvalue weighted by Crippen LogP contribution is 2.18. The van der Waals surface area contributed by atoms with Crippen molar-refractivity contribution in [2.75, 3.05) is 31.3 Å². The minimum Gasteiger partial charge on any atom is -0.497 e. The van der Waals surface area contributed by atoms with Crippen LogP contribution < -0.4 is 10.1 Å². The number of methoxy groups -OCH3 is 1. The van der Waals surface area contributed by atoms with Crippen LogP contribution in [0.25, 0.3) is 0 Å². The summed E-state index contributed by atoms with van der Waals surface area (Å²) in [5.74, 6) is 0.690. The number of rotatable bonds is 8. The topological polar surface area (TPSA) is 58.6 Å². The van der Waals surface area contributed by atoms with Gasteiger partial charge in [0.2, 0.25) is 11.8 Å². The van der Waals surface area contributed by atoms with E-state index in [9.17, 15) is 9.59 Å². The van der Waals surface area contributed by atoms with Crippen molar-refractivity contribution in [2.45, 2.75) is 11.8 Å². The van der Waals surface area contributed by atoms with Crippen molar-refractivity contribution >= 4 is 29.3 Å². The molecule has 0 aliphatic carbocycles. The molecule has 0 saturated carbocycles. The molecule has 0 aliphatic heterocycles. The van der Waals surface area contributed by atoms with Gasteiger partial charge in [0.05, 0.1) is 19.4 Å². The van der Waals surface area contributed by atoms with E-state index >= 15 is 0 Å². The Bertz CT molecular complexity index is 707. The highest BCUT2D eigenvalue weighted by Gasteiger charge is 2.16. The Morgan fingerprint density at radius 1 is 1.12 bits per heavy atom. The molecule has 0 atom stereocenters. The summed E-state index contributed by atoms with van der Waals surface area (Å²) in [6.45, 7) is 2.38. The first kappa shape index (κ1) is 18.9. The molecule has 0 unspecified atom stereocenters. The van der Waals surface area contributed by atoms with Gasteiger partial charge in [0.25, 0.3) is 0 Å². The van der Waals surface area contributed by atoms with Gasteiger partial charge in [-0.05, 0) is 31.2 Å². The number of benzene rings is 2. The number of amides is 2. The second-order valence-electron chi connectivity index (χ2n) is 5.29. The molecule has 6 heteroatoms.